The first-order valence-electron chi connectivity index (χ1n) is 12.1. The minimum absolute atomic E-state index is 0.000348. The van der Waals surface area contributed by atoms with Gasteiger partial charge in [0.1, 0.15) is 0 Å². The molecule has 1 aliphatic rings. The predicted octanol–water partition coefficient (Wildman–Crippen LogP) is 7.38. The van der Waals surface area contributed by atoms with Gasteiger partial charge in [0.2, 0.25) is 0 Å². The van der Waals surface area contributed by atoms with E-state index in [1.807, 2.05) is 108 Å². The van der Waals surface area contributed by atoms with E-state index in [-0.39, 0.29) is 11.6 Å². The van der Waals surface area contributed by atoms with E-state index in [1.54, 1.807) is 0 Å². The standard InChI is InChI=1S/C33H27NO2/c1-24-11-8-9-17-29(24)30-19-18-25(21-31(30)33(36)27-14-6-3-7-15-27)22-34-20-10-16-28(23-34)32(35)26-12-4-2-5-13-26/h2-15,17-21,23H,16,22H2,1H3. The minimum Gasteiger partial charge on any atom is -0.350 e. The SMILES string of the molecule is Cc1ccccc1-c1ccc(CN2C=CCC(C(=O)c3ccccc3)=C2)cc1C(=O)c1ccccc1. The van der Waals surface area contributed by atoms with Crippen LogP contribution in [0.4, 0.5) is 0 Å². The Morgan fingerprint density at radius 1 is 0.722 bits per heavy atom. The highest BCUT2D eigenvalue weighted by atomic mass is 16.1. The molecule has 3 nitrogen and oxygen atoms in total. The van der Waals surface area contributed by atoms with Gasteiger partial charge in [-0.3, -0.25) is 9.59 Å². The van der Waals surface area contributed by atoms with Crippen LogP contribution in [0.2, 0.25) is 0 Å². The summed E-state index contributed by atoms with van der Waals surface area (Å²) in [5, 5.41) is 0. The van der Waals surface area contributed by atoms with Crippen molar-refractivity contribution in [1.29, 1.82) is 0 Å². The molecule has 0 saturated heterocycles. The number of carbonyl (C=O) groups is 2. The molecule has 0 aliphatic carbocycles. The molecular formula is C33H27NO2. The monoisotopic (exact) mass is 469 g/mol. The number of Topliss-reactive ketones (excluding diaryl/α,β-unsaturated/α-hetero) is 1. The maximum absolute atomic E-state index is 13.6. The van der Waals surface area contributed by atoms with Gasteiger partial charge >= 0.3 is 0 Å². The molecule has 0 saturated carbocycles. The van der Waals surface area contributed by atoms with Gasteiger partial charge in [0, 0.05) is 41.2 Å². The molecule has 0 amide bonds. The summed E-state index contributed by atoms with van der Waals surface area (Å²) in [6.07, 6.45) is 6.53. The lowest BCUT2D eigenvalue weighted by molar-refractivity contribution is 0.102. The van der Waals surface area contributed by atoms with Crippen molar-refractivity contribution in [2.45, 2.75) is 19.9 Å². The van der Waals surface area contributed by atoms with Crippen molar-refractivity contribution in [3.63, 3.8) is 0 Å². The molecule has 0 fully saturated rings. The summed E-state index contributed by atoms with van der Waals surface area (Å²) in [5.41, 5.74) is 6.89. The lowest BCUT2D eigenvalue weighted by atomic mass is 9.90. The fourth-order valence-corrected chi connectivity index (χ4v) is 4.58. The van der Waals surface area contributed by atoms with Crippen LogP contribution in [0.1, 0.15) is 43.8 Å². The van der Waals surface area contributed by atoms with Gasteiger partial charge in [0.05, 0.1) is 0 Å². The zero-order valence-corrected chi connectivity index (χ0v) is 20.2. The number of nitrogens with zero attached hydrogens (tertiary/aromatic N) is 1. The molecule has 5 rings (SSSR count). The molecular weight excluding hydrogens is 442 g/mol. The second-order valence-electron chi connectivity index (χ2n) is 9.00. The third kappa shape index (κ3) is 4.96. The van der Waals surface area contributed by atoms with E-state index in [4.69, 9.17) is 0 Å². The highest BCUT2D eigenvalue weighted by Crippen LogP contribution is 2.30. The average Bonchev–Trinajstić information content (AvgIpc) is 2.94. The molecule has 4 aromatic carbocycles. The van der Waals surface area contributed by atoms with Crippen molar-refractivity contribution in [2.24, 2.45) is 0 Å². The van der Waals surface area contributed by atoms with E-state index in [0.29, 0.717) is 29.7 Å². The number of hydrogen-bond donors (Lipinski definition) is 0. The van der Waals surface area contributed by atoms with Gasteiger partial charge in [-0.15, -0.1) is 0 Å². The van der Waals surface area contributed by atoms with Crippen molar-refractivity contribution in [2.75, 3.05) is 0 Å². The lowest BCUT2D eigenvalue weighted by Crippen LogP contribution is -2.17. The summed E-state index contributed by atoms with van der Waals surface area (Å²) in [4.78, 5) is 28.6. The zero-order valence-electron chi connectivity index (χ0n) is 20.2. The molecule has 176 valence electrons. The number of aryl methyl sites for hydroxylation is 1. The first-order chi connectivity index (χ1) is 17.6. The van der Waals surface area contributed by atoms with Crippen LogP contribution in [0.15, 0.2) is 127 Å². The Bertz CT molecular complexity index is 1470. The van der Waals surface area contributed by atoms with Crippen LogP contribution >= 0.6 is 0 Å². The van der Waals surface area contributed by atoms with Gasteiger partial charge in [0.25, 0.3) is 0 Å². The molecule has 0 unspecified atom stereocenters. The van der Waals surface area contributed by atoms with Crippen LogP contribution in [-0.4, -0.2) is 16.5 Å². The third-order valence-electron chi connectivity index (χ3n) is 6.45. The number of hydrogen-bond acceptors (Lipinski definition) is 3. The predicted molar refractivity (Wildman–Crippen MR) is 145 cm³/mol. The number of rotatable bonds is 7. The van der Waals surface area contributed by atoms with Crippen molar-refractivity contribution < 1.29 is 9.59 Å². The molecule has 0 aromatic heterocycles. The second kappa shape index (κ2) is 10.4. The maximum atomic E-state index is 13.6. The Morgan fingerprint density at radius 3 is 2.06 bits per heavy atom. The van der Waals surface area contributed by atoms with Crippen LogP contribution in [0, 0.1) is 6.92 Å². The van der Waals surface area contributed by atoms with Crippen LogP contribution in [0.5, 0.6) is 0 Å². The molecule has 1 heterocycles. The molecule has 0 bridgehead atoms. The van der Waals surface area contributed by atoms with Gasteiger partial charge in [-0.2, -0.15) is 0 Å². The van der Waals surface area contributed by atoms with E-state index in [9.17, 15) is 9.59 Å². The molecule has 4 aromatic rings. The molecule has 0 N–H and O–H groups in total. The van der Waals surface area contributed by atoms with Crippen LogP contribution in [-0.2, 0) is 6.54 Å². The van der Waals surface area contributed by atoms with Crippen molar-refractivity contribution in [3.8, 4) is 11.1 Å². The molecule has 3 heteroatoms. The summed E-state index contributed by atoms with van der Waals surface area (Å²) < 4.78 is 0. The largest absolute Gasteiger partial charge is 0.350 e. The minimum atomic E-state index is 0.000348. The van der Waals surface area contributed by atoms with E-state index >= 15 is 0 Å². The lowest BCUT2D eigenvalue weighted by Gasteiger charge is -2.22. The van der Waals surface area contributed by atoms with E-state index in [1.165, 1.54) is 0 Å². The summed E-state index contributed by atoms with van der Waals surface area (Å²) in [7, 11) is 0. The van der Waals surface area contributed by atoms with Gasteiger partial charge in [-0.05, 0) is 41.7 Å². The van der Waals surface area contributed by atoms with Gasteiger partial charge in [0.15, 0.2) is 11.6 Å². The Morgan fingerprint density at radius 2 is 1.36 bits per heavy atom. The summed E-state index contributed by atoms with van der Waals surface area (Å²) in [5.74, 6) is 0.0418. The average molecular weight is 470 g/mol. The van der Waals surface area contributed by atoms with Gasteiger partial charge in [-0.25, -0.2) is 0 Å². The number of benzene rings is 4. The van der Waals surface area contributed by atoms with Crippen molar-refractivity contribution >= 4 is 11.6 Å². The molecule has 1 aliphatic heterocycles. The molecule has 0 radical (unpaired) electrons. The second-order valence-corrected chi connectivity index (χ2v) is 9.00. The Balaban J connectivity index is 1.48. The highest BCUT2D eigenvalue weighted by Gasteiger charge is 2.19. The van der Waals surface area contributed by atoms with Gasteiger partial charge in [-0.1, -0.05) is 103 Å². The summed E-state index contributed by atoms with van der Waals surface area (Å²) >= 11 is 0. The molecule has 0 atom stereocenters. The normalized spacial score (nSPS) is 12.8. The quantitative estimate of drug-likeness (QED) is 0.265. The maximum Gasteiger partial charge on any atom is 0.193 e. The Hall–Kier alpha value is -4.50. The van der Waals surface area contributed by atoms with Gasteiger partial charge < -0.3 is 4.90 Å². The van der Waals surface area contributed by atoms with Crippen molar-refractivity contribution in [1.82, 2.24) is 4.90 Å². The number of carbonyl (C=O) groups excluding carboxylic acids is 2. The van der Waals surface area contributed by atoms with Crippen molar-refractivity contribution in [3.05, 3.63) is 155 Å². The van der Waals surface area contributed by atoms with Crippen LogP contribution in [0.25, 0.3) is 11.1 Å². The Kier molecular flexibility index (Phi) is 6.72. The zero-order chi connectivity index (χ0) is 24.9. The summed E-state index contributed by atoms with van der Waals surface area (Å²) in [6.45, 7) is 2.62. The fourth-order valence-electron chi connectivity index (χ4n) is 4.58. The third-order valence-corrected chi connectivity index (χ3v) is 6.45. The summed E-state index contributed by atoms with van der Waals surface area (Å²) in [6, 6.07) is 33.0. The molecule has 0 spiro atoms. The highest BCUT2D eigenvalue weighted by molar-refractivity contribution is 6.13. The molecule has 36 heavy (non-hydrogen) atoms. The topological polar surface area (TPSA) is 37.4 Å². The number of allylic oxidation sites excluding steroid dienone is 2. The van der Waals surface area contributed by atoms with E-state index < -0.39 is 0 Å². The first kappa shape index (κ1) is 23.3. The van der Waals surface area contributed by atoms with Crippen LogP contribution in [0.3, 0.4) is 0 Å². The van der Waals surface area contributed by atoms with E-state index in [2.05, 4.69) is 25.1 Å². The van der Waals surface area contributed by atoms with E-state index in [0.717, 1.165) is 27.8 Å². The number of ketones is 2. The Labute approximate surface area is 212 Å². The smallest absolute Gasteiger partial charge is 0.193 e. The van der Waals surface area contributed by atoms with Crippen LogP contribution < -0.4 is 0 Å². The fraction of sp³-hybridized carbons (Fsp3) is 0.0909. The first-order valence-corrected chi connectivity index (χ1v) is 12.1.